The van der Waals surface area contributed by atoms with Gasteiger partial charge in [0.25, 0.3) is 11.1 Å². The van der Waals surface area contributed by atoms with Gasteiger partial charge in [-0.15, -0.1) is 0 Å². The Morgan fingerprint density at radius 2 is 1.67 bits per heavy atom. The van der Waals surface area contributed by atoms with Crippen LogP contribution in [0.5, 0.6) is 17.2 Å². The topological polar surface area (TPSA) is 94.2 Å². The molecule has 0 aliphatic carbocycles. The van der Waals surface area contributed by atoms with Gasteiger partial charge in [0.05, 0.1) is 40.4 Å². The van der Waals surface area contributed by atoms with Crippen molar-refractivity contribution in [3.8, 4) is 17.2 Å². The molecule has 14 heteroatoms. The summed E-state index contributed by atoms with van der Waals surface area (Å²) in [6.07, 6.45) is -3.20. The predicted molar refractivity (Wildman–Crippen MR) is 153 cm³/mol. The Morgan fingerprint density at radius 1 is 0.952 bits per heavy atom. The van der Waals surface area contributed by atoms with E-state index in [2.05, 4.69) is 5.32 Å². The number of anilines is 1. The predicted octanol–water partition coefficient (Wildman–Crippen LogP) is 7.28. The van der Waals surface area contributed by atoms with E-state index in [-0.39, 0.29) is 22.9 Å². The van der Waals surface area contributed by atoms with Gasteiger partial charge < -0.3 is 19.5 Å². The Kier molecular flexibility index (Phi) is 9.60. The zero-order valence-corrected chi connectivity index (χ0v) is 24.2. The lowest BCUT2D eigenvalue weighted by Gasteiger charge is -2.16. The number of rotatable bonds is 9. The summed E-state index contributed by atoms with van der Waals surface area (Å²) >= 11 is 12.6. The van der Waals surface area contributed by atoms with Crippen molar-refractivity contribution in [3.63, 3.8) is 0 Å². The first-order valence-corrected chi connectivity index (χ1v) is 13.5. The van der Waals surface area contributed by atoms with Gasteiger partial charge in [0.2, 0.25) is 5.91 Å². The summed E-state index contributed by atoms with van der Waals surface area (Å²) in [5, 5.41) is 2.37. The molecule has 220 valence electrons. The second-order valence-corrected chi connectivity index (χ2v) is 10.5. The standard InChI is InChI=1S/C28H21Cl2F3N2O6S/c1-39-21-8-5-17(28(31,32)33)12-20(21)34-25(36)13-35-26(37)24(42-27(35)38)11-15-4-7-22(23(10-15)40-2)41-14-16-3-6-18(29)19(30)9-16/h3-12H,13-14H2,1-2H3,(H,34,36)/b24-11-. The van der Waals surface area contributed by atoms with Gasteiger partial charge in [0, 0.05) is 0 Å². The number of ether oxygens (including phenoxy) is 3. The minimum atomic E-state index is -4.65. The van der Waals surface area contributed by atoms with Crippen LogP contribution in [-0.4, -0.2) is 42.7 Å². The molecule has 1 fully saturated rings. The fourth-order valence-electron chi connectivity index (χ4n) is 3.79. The Labute approximate surface area is 252 Å². The zero-order chi connectivity index (χ0) is 30.6. The molecule has 1 aliphatic heterocycles. The summed E-state index contributed by atoms with van der Waals surface area (Å²) in [6.45, 7) is -0.536. The van der Waals surface area contributed by atoms with Crippen molar-refractivity contribution in [1.82, 2.24) is 4.90 Å². The molecule has 1 saturated heterocycles. The monoisotopic (exact) mass is 640 g/mol. The number of nitrogens with zero attached hydrogens (tertiary/aromatic N) is 1. The van der Waals surface area contributed by atoms with E-state index in [0.29, 0.717) is 49.8 Å². The van der Waals surface area contributed by atoms with Crippen molar-refractivity contribution in [2.45, 2.75) is 12.8 Å². The molecule has 0 atom stereocenters. The van der Waals surface area contributed by atoms with Gasteiger partial charge in [-0.05, 0) is 71.4 Å². The Hall–Kier alpha value is -3.87. The molecule has 1 heterocycles. The maximum atomic E-state index is 13.1. The molecule has 1 N–H and O–H groups in total. The molecule has 8 nitrogen and oxygen atoms in total. The van der Waals surface area contributed by atoms with Gasteiger partial charge in [-0.3, -0.25) is 19.3 Å². The van der Waals surface area contributed by atoms with Crippen LogP contribution in [0.4, 0.5) is 23.7 Å². The van der Waals surface area contributed by atoms with E-state index in [1.165, 1.54) is 20.3 Å². The lowest BCUT2D eigenvalue weighted by Crippen LogP contribution is -2.36. The molecule has 0 radical (unpaired) electrons. The highest BCUT2D eigenvalue weighted by Gasteiger charge is 2.37. The largest absolute Gasteiger partial charge is 0.495 e. The average molecular weight is 641 g/mol. The third-order valence-corrected chi connectivity index (χ3v) is 7.49. The van der Waals surface area contributed by atoms with Crippen LogP contribution in [0.25, 0.3) is 6.08 Å². The molecule has 0 saturated carbocycles. The highest BCUT2D eigenvalue weighted by Crippen LogP contribution is 2.37. The second-order valence-electron chi connectivity index (χ2n) is 8.68. The first-order valence-electron chi connectivity index (χ1n) is 11.9. The van der Waals surface area contributed by atoms with Crippen LogP contribution in [0.2, 0.25) is 10.0 Å². The van der Waals surface area contributed by atoms with E-state index in [9.17, 15) is 27.6 Å². The molecule has 0 unspecified atom stereocenters. The van der Waals surface area contributed by atoms with E-state index in [1.807, 2.05) is 0 Å². The van der Waals surface area contributed by atoms with Crippen molar-refractivity contribution < 1.29 is 41.8 Å². The van der Waals surface area contributed by atoms with Gasteiger partial charge in [-0.1, -0.05) is 35.3 Å². The third kappa shape index (κ3) is 7.30. The van der Waals surface area contributed by atoms with E-state index in [4.69, 9.17) is 37.4 Å². The number of alkyl halides is 3. The summed E-state index contributed by atoms with van der Waals surface area (Å²) in [7, 11) is 2.67. The van der Waals surface area contributed by atoms with Crippen molar-refractivity contribution in [3.05, 3.63) is 86.2 Å². The number of nitrogens with one attached hydrogen (secondary N) is 1. The fourth-order valence-corrected chi connectivity index (χ4v) is 4.95. The number of carbonyl (C=O) groups excluding carboxylic acids is 3. The number of amides is 3. The highest BCUT2D eigenvalue weighted by molar-refractivity contribution is 8.18. The quantitative estimate of drug-likeness (QED) is 0.246. The number of thioether (sulfide) groups is 1. The Bertz CT molecular complexity index is 1580. The van der Waals surface area contributed by atoms with E-state index >= 15 is 0 Å². The molecule has 3 amide bonds. The third-order valence-electron chi connectivity index (χ3n) is 5.84. The maximum Gasteiger partial charge on any atom is 0.416 e. The van der Waals surface area contributed by atoms with Gasteiger partial charge >= 0.3 is 6.18 Å². The molecule has 3 aromatic rings. The Balaban J connectivity index is 1.44. The van der Waals surface area contributed by atoms with Crippen LogP contribution >= 0.6 is 35.0 Å². The minimum absolute atomic E-state index is 0.0243. The normalized spacial score (nSPS) is 14.4. The van der Waals surface area contributed by atoms with Crippen LogP contribution in [-0.2, 0) is 22.4 Å². The number of hydrogen-bond acceptors (Lipinski definition) is 7. The molecule has 0 aromatic heterocycles. The molecule has 4 rings (SSSR count). The number of hydrogen-bond donors (Lipinski definition) is 1. The van der Waals surface area contributed by atoms with E-state index in [0.717, 1.165) is 17.7 Å². The Morgan fingerprint density at radius 3 is 2.33 bits per heavy atom. The maximum absolute atomic E-state index is 13.1. The van der Waals surface area contributed by atoms with Gasteiger partial charge in [0.15, 0.2) is 11.5 Å². The summed E-state index contributed by atoms with van der Waals surface area (Å²) in [4.78, 5) is 38.8. The number of benzene rings is 3. The molecule has 0 spiro atoms. The second kappa shape index (κ2) is 13.0. The smallest absolute Gasteiger partial charge is 0.416 e. The van der Waals surface area contributed by atoms with Crippen LogP contribution in [0.15, 0.2) is 59.5 Å². The van der Waals surface area contributed by atoms with E-state index < -0.39 is 35.3 Å². The van der Waals surface area contributed by atoms with Crippen LogP contribution in [0, 0.1) is 0 Å². The summed E-state index contributed by atoms with van der Waals surface area (Å²) in [6, 6.07) is 12.5. The van der Waals surface area contributed by atoms with Crippen molar-refractivity contribution in [2.75, 3.05) is 26.1 Å². The SMILES string of the molecule is COc1ccc(C(F)(F)F)cc1NC(=O)CN1C(=O)S/C(=C\c2ccc(OCc3ccc(Cl)c(Cl)c3)c(OC)c2)C1=O. The minimum Gasteiger partial charge on any atom is -0.495 e. The summed E-state index contributed by atoms with van der Waals surface area (Å²) in [5.74, 6) is -0.881. The molecular formula is C28H21Cl2F3N2O6S. The van der Waals surface area contributed by atoms with E-state index in [1.54, 1.807) is 36.4 Å². The molecule has 42 heavy (non-hydrogen) atoms. The zero-order valence-electron chi connectivity index (χ0n) is 21.9. The van der Waals surface area contributed by atoms with Gasteiger partial charge in [0.1, 0.15) is 18.9 Å². The molecule has 1 aliphatic rings. The highest BCUT2D eigenvalue weighted by atomic mass is 35.5. The van der Waals surface area contributed by atoms with Gasteiger partial charge in [-0.2, -0.15) is 13.2 Å². The first-order chi connectivity index (χ1) is 19.9. The fraction of sp³-hybridized carbons (Fsp3) is 0.179. The number of methoxy groups -OCH3 is 2. The number of imide groups is 1. The first kappa shape index (κ1) is 31.1. The lowest BCUT2D eigenvalue weighted by atomic mass is 10.1. The molecule has 0 bridgehead atoms. The van der Waals surface area contributed by atoms with Crippen molar-refractivity contribution in [1.29, 1.82) is 0 Å². The molecule has 3 aromatic carbocycles. The molecular weight excluding hydrogens is 620 g/mol. The van der Waals surface area contributed by atoms with Gasteiger partial charge in [-0.25, -0.2) is 0 Å². The average Bonchev–Trinajstić information content (AvgIpc) is 3.20. The van der Waals surface area contributed by atoms with Crippen molar-refractivity contribution in [2.24, 2.45) is 0 Å². The summed E-state index contributed by atoms with van der Waals surface area (Å²) < 4.78 is 55.6. The van der Waals surface area contributed by atoms with Crippen LogP contribution in [0.1, 0.15) is 16.7 Å². The van der Waals surface area contributed by atoms with Crippen LogP contribution in [0.3, 0.4) is 0 Å². The van der Waals surface area contributed by atoms with Crippen LogP contribution < -0.4 is 19.5 Å². The number of carbonyl (C=O) groups is 3. The number of halogens is 5. The summed E-state index contributed by atoms with van der Waals surface area (Å²) in [5.41, 5.74) is 0.0273. The lowest BCUT2D eigenvalue weighted by molar-refractivity contribution is -0.137. The van der Waals surface area contributed by atoms with Crippen molar-refractivity contribution >= 4 is 63.8 Å².